The van der Waals surface area contributed by atoms with E-state index in [-0.39, 0.29) is 0 Å². The summed E-state index contributed by atoms with van der Waals surface area (Å²) in [6, 6.07) is 11.2. The van der Waals surface area contributed by atoms with E-state index in [4.69, 9.17) is 11.0 Å². The Labute approximate surface area is 109 Å². The number of hydrogen-bond acceptors (Lipinski definition) is 4. The SMILES string of the molecule is Cc1ccnc2c1nc(N)n2-c1cccc(C#N)c1. The number of pyridine rings is 1. The van der Waals surface area contributed by atoms with E-state index in [9.17, 15) is 0 Å². The normalized spacial score (nSPS) is 10.5. The van der Waals surface area contributed by atoms with Gasteiger partial charge in [0.05, 0.1) is 17.3 Å². The molecular weight excluding hydrogens is 238 g/mol. The highest BCUT2D eigenvalue weighted by atomic mass is 15.2. The molecule has 0 spiro atoms. The van der Waals surface area contributed by atoms with E-state index in [0.29, 0.717) is 17.2 Å². The van der Waals surface area contributed by atoms with Gasteiger partial charge >= 0.3 is 0 Å². The summed E-state index contributed by atoms with van der Waals surface area (Å²) in [6.07, 6.45) is 1.73. The third-order valence-corrected chi connectivity index (χ3v) is 3.01. The molecule has 0 amide bonds. The molecule has 0 saturated carbocycles. The van der Waals surface area contributed by atoms with E-state index >= 15 is 0 Å². The number of rotatable bonds is 1. The molecule has 3 rings (SSSR count). The molecule has 0 fully saturated rings. The van der Waals surface area contributed by atoms with Crippen LogP contribution in [0.3, 0.4) is 0 Å². The molecule has 0 aliphatic carbocycles. The van der Waals surface area contributed by atoms with Crippen molar-refractivity contribution in [2.75, 3.05) is 5.73 Å². The van der Waals surface area contributed by atoms with Crippen LogP contribution < -0.4 is 5.73 Å². The molecule has 0 aliphatic heterocycles. The summed E-state index contributed by atoms with van der Waals surface area (Å²) in [7, 11) is 0. The second-order valence-corrected chi connectivity index (χ2v) is 4.27. The van der Waals surface area contributed by atoms with Crippen molar-refractivity contribution in [3.8, 4) is 11.8 Å². The fourth-order valence-corrected chi connectivity index (χ4v) is 2.08. The molecule has 0 atom stereocenters. The zero-order valence-corrected chi connectivity index (χ0v) is 10.3. The van der Waals surface area contributed by atoms with Crippen LogP contribution in [-0.4, -0.2) is 14.5 Å². The molecular formula is C14H11N5. The molecule has 2 N–H and O–H groups in total. The number of nitriles is 1. The number of anilines is 1. The van der Waals surface area contributed by atoms with E-state index in [1.165, 1.54) is 0 Å². The van der Waals surface area contributed by atoms with Crippen LogP contribution in [0.25, 0.3) is 16.9 Å². The lowest BCUT2D eigenvalue weighted by Gasteiger charge is -2.05. The standard InChI is InChI=1S/C14H11N5/c1-9-5-6-17-13-12(9)18-14(16)19(13)11-4-2-3-10(7-11)8-15/h2-7H,1H3,(H2,16,18). The van der Waals surface area contributed by atoms with Crippen molar-refractivity contribution < 1.29 is 0 Å². The summed E-state index contributed by atoms with van der Waals surface area (Å²) < 4.78 is 1.75. The summed E-state index contributed by atoms with van der Waals surface area (Å²) in [5, 5.41) is 8.96. The van der Waals surface area contributed by atoms with Gasteiger partial charge in [0.15, 0.2) is 5.65 Å². The highest BCUT2D eigenvalue weighted by Gasteiger charge is 2.12. The number of nitrogen functional groups attached to an aromatic ring is 1. The smallest absolute Gasteiger partial charge is 0.207 e. The maximum absolute atomic E-state index is 8.96. The Morgan fingerprint density at radius 1 is 1.32 bits per heavy atom. The fourth-order valence-electron chi connectivity index (χ4n) is 2.08. The number of imidazole rings is 1. The van der Waals surface area contributed by atoms with Crippen LogP contribution in [0.5, 0.6) is 0 Å². The molecule has 2 heterocycles. The van der Waals surface area contributed by atoms with Crippen molar-refractivity contribution in [3.63, 3.8) is 0 Å². The van der Waals surface area contributed by atoms with Crippen molar-refractivity contribution in [3.05, 3.63) is 47.7 Å². The van der Waals surface area contributed by atoms with Gasteiger partial charge in [0.1, 0.15) is 5.52 Å². The molecule has 2 aromatic heterocycles. The van der Waals surface area contributed by atoms with E-state index in [1.54, 1.807) is 22.9 Å². The van der Waals surface area contributed by atoms with Gasteiger partial charge in [0.2, 0.25) is 5.95 Å². The lowest BCUT2D eigenvalue weighted by Crippen LogP contribution is -2.01. The first-order valence-corrected chi connectivity index (χ1v) is 5.81. The number of nitrogens with two attached hydrogens (primary N) is 1. The summed E-state index contributed by atoms with van der Waals surface area (Å²) >= 11 is 0. The minimum Gasteiger partial charge on any atom is -0.369 e. The Hall–Kier alpha value is -2.87. The molecule has 0 aliphatic rings. The van der Waals surface area contributed by atoms with Crippen LogP contribution in [0.1, 0.15) is 11.1 Å². The van der Waals surface area contributed by atoms with Crippen LogP contribution in [0, 0.1) is 18.3 Å². The molecule has 0 saturated heterocycles. The first-order valence-electron chi connectivity index (χ1n) is 5.81. The first kappa shape index (κ1) is 11.2. The number of nitrogens with zero attached hydrogens (tertiary/aromatic N) is 4. The Morgan fingerprint density at radius 3 is 2.95 bits per heavy atom. The van der Waals surface area contributed by atoms with Gasteiger partial charge in [-0.05, 0) is 36.8 Å². The first-order chi connectivity index (χ1) is 9.20. The number of hydrogen-bond donors (Lipinski definition) is 1. The molecule has 3 aromatic rings. The van der Waals surface area contributed by atoms with Gasteiger partial charge in [-0.2, -0.15) is 5.26 Å². The topological polar surface area (TPSA) is 80.5 Å². The summed E-state index contributed by atoms with van der Waals surface area (Å²) in [5.74, 6) is 0.367. The zero-order valence-electron chi connectivity index (χ0n) is 10.3. The lowest BCUT2D eigenvalue weighted by atomic mass is 10.2. The van der Waals surface area contributed by atoms with Gasteiger partial charge in [-0.3, -0.25) is 4.57 Å². The average Bonchev–Trinajstić information content (AvgIpc) is 2.77. The third-order valence-electron chi connectivity index (χ3n) is 3.01. The van der Waals surface area contributed by atoms with Gasteiger partial charge in [-0.25, -0.2) is 9.97 Å². The number of aromatic nitrogens is 3. The summed E-state index contributed by atoms with van der Waals surface area (Å²) in [5.41, 5.74) is 9.84. The summed E-state index contributed by atoms with van der Waals surface area (Å²) in [6.45, 7) is 1.96. The molecule has 0 bridgehead atoms. The minimum absolute atomic E-state index is 0.367. The van der Waals surface area contributed by atoms with E-state index in [1.807, 2.05) is 25.1 Å². The van der Waals surface area contributed by atoms with Crippen molar-refractivity contribution in [2.24, 2.45) is 0 Å². The van der Waals surface area contributed by atoms with Crippen LogP contribution in [0.4, 0.5) is 5.95 Å². The molecule has 5 heteroatoms. The Morgan fingerprint density at radius 2 is 2.16 bits per heavy atom. The quantitative estimate of drug-likeness (QED) is 0.716. The molecule has 1 aromatic carbocycles. The highest BCUT2D eigenvalue weighted by Crippen LogP contribution is 2.23. The lowest BCUT2D eigenvalue weighted by molar-refractivity contribution is 1.08. The van der Waals surface area contributed by atoms with Crippen molar-refractivity contribution in [1.29, 1.82) is 5.26 Å². The predicted octanol–water partition coefficient (Wildman–Crippen LogP) is 2.18. The molecule has 5 nitrogen and oxygen atoms in total. The predicted molar refractivity (Wildman–Crippen MR) is 72.7 cm³/mol. The molecule has 19 heavy (non-hydrogen) atoms. The number of benzene rings is 1. The highest BCUT2D eigenvalue weighted by molar-refractivity contribution is 5.79. The third kappa shape index (κ3) is 1.70. The van der Waals surface area contributed by atoms with Gasteiger partial charge in [-0.15, -0.1) is 0 Å². The molecule has 0 radical (unpaired) electrons. The van der Waals surface area contributed by atoms with Crippen LogP contribution in [0.2, 0.25) is 0 Å². The maximum Gasteiger partial charge on any atom is 0.207 e. The van der Waals surface area contributed by atoms with Crippen molar-refractivity contribution >= 4 is 17.1 Å². The van der Waals surface area contributed by atoms with E-state index in [2.05, 4.69) is 16.0 Å². The molecule has 92 valence electrons. The number of aryl methyl sites for hydroxylation is 1. The fraction of sp³-hybridized carbons (Fsp3) is 0.0714. The second-order valence-electron chi connectivity index (χ2n) is 4.27. The monoisotopic (exact) mass is 249 g/mol. The largest absolute Gasteiger partial charge is 0.369 e. The van der Waals surface area contributed by atoms with Gasteiger partial charge in [0.25, 0.3) is 0 Å². The Kier molecular flexibility index (Phi) is 2.43. The Balaban J connectivity index is 2.33. The van der Waals surface area contributed by atoms with E-state index in [0.717, 1.165) is 16.8 Å². The van der Waals surface area contributed by atoms with Crippen LogP contribution in [0.15, 0.2) is 36.5 Å². The van der Waals surface area contributed by atoms with Gasteiger partial charge in [-0.1, -0.05) is 6.07 Å². The van der Waals surface area contributed by atoms with Crippen LogP contribution in [-0.2, 0) is 0 Å². The zero-order chi connectivity index (χ0) is 13.4. The maximum atomic E-state index is 8.96. The molecule has 0 unspecified atom stereocenters. The minimum atomic E-state index is 0.367. The van der Waals surface area contributed by atoms with Gasteiger partial charge in [0, 0.05) is 6.20 Å². The average molecular weight is 249 g/mol. The van der Waals surface area contributed by atoms with Crippen molar-refractivity contribution in [2.45, 2.75) is 6.92 Å². The second kappa shape index (κ2) is 4.10. The Bertz CT molecular complexity index is 810. The summed E-state index contributed by atoms with van der Waals surface area (Å²) in [4.78, 5) is 8.67. The van der Waals surface area contributed by atoms with Crippen molar-refractivity contribution in [1.82, 2.24) is 14.5 Å². The number of fused-ring (bicyclic) bond motifs is 1. The van der Waals surface area contributed by atoms with Crippen LogP contribution >= 0.6 is 0 Å². The van der Waals surface area contributed by atoms with E-state index < -0.39 is 0 Å². The van der Waals surface area contributed by atoms with Gasteiger partial charge < -0.3 is 5.73 Å².